The molecule has 0 aromatic heterocycles. The number of nitrogens with one attached hydrogen (secondary N) is 1. The zero-order chi connectivity index (χ0) is 14.5. The van der Waals surface area contributed by atoms with Gasteiger partial charge in [0, 0.05) is 28.0 Å². The lowest BCUT2D eigenvalue weighted by molar-refractivity contribution is 0.104. The number of benzene rings is 2. The zero-order valence-electron chi connectivity index (χ0n) is 11.5. The molecule has 2 rings (SSSR count). The summed E-state index contributed by atoms with van der Waals surface area (Å²) in [6, 6.07) is 13.5. The lowest BCUT2D eigenvalue weighted by Gasteiger charge is -2.06. The highest BCUT2D eigenvalue weighted by Gasteiger charge is 2.01. The van der Waals surface area contributed by atoms with Gasteiger partial charge in [-0.15, -0.1) is 0 Å². The quantitative estimate of drug-likeness (QED) is 0.640. The van der Waals surface area contributed by atoms with Gasteiger partial charge in [0.1, 0.15) is 0 Å². The predicted molar refractivity (Wildman–Crippen MR) is 87.2 cm³/mol. The highest BCUT2D eigenvalue weighted by Crippen LogP contribution is 2.16. The smallest absolute Gasteiger partial charge is 0.187 e. The van der Waals surface area contributed by atoms with Crippen molar-refractivity contribution in [1.29, 1.82) is 0 Å². The first-order valence-corrected chi connectivity index (χ1v) is 7.16. The van der Waals surface area contributed by atoms with Crippen LogP contribution in [0.25, 0.3) is 0 Å². The molecule has 0 unspecified atom stereocenters. The van der Waals surface area contributed by atoms with E-state index < -0.39 is 0 Å². The molecule has 0 heterocycles. The van der Waals surface area contributed by atoms with E-state index in [-0.39, 0.29) is 5.78 Å². The summed E-state index contributed by atoms with van der Waals surface area (Å²) in [5.41, 5.74) is 4.03. The van der Waals surface area contributed by atoms with Crippen LogP contribution in [0.4, 0.5) is 5.69 Å². The molecule has 2 aromatic rings. The first kappa shape index (κ1) is 14.5. The van der Waals surface area contributed by atoms with Crippen LogP contribution in [0.3, 0.4) is 0 Å². The molecule has 2 nitrogen and oxygen atoms in total. The molecule has 0 saturated carbocycles. The minimum atomic E-state index is -0.0182. The Morgan fingerprint density at radius 2 is 1.80 bits per heavy atom. The van der Waals surface area contributed by atoms with E-state index in [4.69, 9.17) is 0 Å². The Kier molecular flexibility index (Phi) is 4.74. The van der Waals surface area contributed by atoms with Crippen LogP contribution in [0.5, 0.6) is 0 Å². The zero-order valence-corrected chi connectivity index (χ0v) is 13.1. The molecule has 0 radical (unpaired) electrons. The van der Waals surface area contributed by atoms with E-state index >= 15 is 0 Å². The van der Waals surface area contributed by atoms with E-state index in [0.717, 1.165) is 15.7 Å². The fraction of sp³-hybridized carbons (Fsp3) is 0.118. The number of hydrogen-bond donors (Lipinski definition) is 1. The Balaban J connectivity index is 2.04. The summed E-state index contributed by atoms with van der Waals surface area (Å²) >= 11 is 3.35. The van der Waals surface area contributed by atoms with Gasteiger partial charge in [-0.1, -0.05) is 28.1 Å². The molecular formula is C17H16BrNO. The van der Waals surface area contributed by atoms with E-state index in [1.54, 1.807) is 24.4 Å². The molecule has 0 aliphatic rings. The van der Waals surface area contributed by atoms with E-state index in [1.807, 2.05) is 26.0 Å². The van der Waals surface area contributed by atoms with E-state index in [2.05, 4.69) is 39.4 Å². The van der Waals surface area contributed by atoms with Crippen LogP contribution in [0.1, 0.15) is 21.5 Å². The Bertz CT molecular complexity index is 645. The van der Waals surface area contributed by atoms with Crippen LogP contribution in [-0.4, -0.2) is 5.78 Å². The summed E-state index contributed by atoms with van der Waals surface area (Å²) in [5.74, 6) is -0.0182. The fourth-order valence-corrected chi connectivity index (χ4v) is 2.07. The molecule has 0 saturated heterocycles. The van der Waals surface area contributed by atoms with Gasteiger partial charge in [-0.2, -0.15) is 0 Å². The number of allylic oxidation sites excluding steroid dienone is 1. The highest BCUT2D eigenvalue weighted by molar-refractivity contribution is 9.10. The Hall–Kier alpha value is -1.87. The van der Waals surface area contributed by atoms with Crippen molar-refractivity contribution in [3.05, 3.63) is 75.9 Å². The van der Waals surface area contributed by atoms with Crippen molar-refractivity contribution in [3.8, 4) is 0 Å². The number of rotatable bonds is 4. The number of aryl methyl sites for hydroxylation is 2. The molecule has 0 fully saturated rings. The van der Waals surface area contributed by atoms with Crippen molar-refractivity contribution in [1.82, 2.24) is 0 Å². The van der Waals surface area contributed by atoms with Crippen LogP contribution in [0, 0.1) is 13.8 Å². The van der Waals surface area contributed by atoms with Gasteiger partial charge in [0.2, 0.25) is 0 Å². The number of carbonyl (C=O) groups excluding carboxylic acids is 1. The average Bonchev–Trinajstić information content (AvgIpc) is 2.43. The summed E-state index contributed by atoms with van der Waals surface area (Å²) < 4.78 is 0.964. The van der Waals surface area contributed by atoms with E-state index in [0.29, 0.717) is 5.56 Å². The van der Waals surface area contributed by atoms with Crippen molar-refractivity contribution in [2.75, 3.05) is 5.32 Å². The summed E-state index contributed by atoms with van der Waals surface area (Å²) in [7, 11) is 0. The number of halogens is 1. The topological polar surface area (TPSA) is 29.1 Å². The Morgan fingerprint density at radius 1 is 1.10 bits per heavy atom. The summed E-state index contributed by atoms with van der Waals surface area (Å²) in [4.78, 5) is 12.0. The van der Waals surface area contributed by atoms with Crippen molar-refractivity contribution in [2.24, 2.45) is 0 Å². The third-order valence-corrected chi connectivity index (χ3v) is 3.52. The number of anilines is 1. The molecule has 3 heteroatoms. The Labute approximate surface area is 127 Å². The number of ketones is 1. The van der Waals surface area contributed by atoms with Crippen molar-refractivity contribution >= 4 is 27.4 Å². The van der Waals surface area contributed by atoms with Crippen molar-refractivity contribution in [2.45, 2.75) is 13.8 Å². The van der Waals surface area contributed by atoms with E-state index in [1.165, 1.54) is 5.56 Å². The second-order valence-electron chi connectivity index (χ2n) is 4.67. The van der Waals surface area contributed by atoms with Crippen LogP contribution in [0.2, 0.25) is 0 Å². The largest absolute Gasteiger partial charge is 0.361 e. The fourth-order valence-electron chi connectivity index (χ4n) is 1.81. The van der Waals surface area contributed by atoms with Gasteiger partial charge in [0.05, 0.1) is 0 Å². The number of hydrogen-bond acceptors (Lipinski definition) is 2. The summed E-state index contributed by atoms with van der Waals surface area (Å²) in [6.07, 6.45) is 3.23. The molecule has 0 spiro atoms. The highest BCUT2D eigenvalue weighted by atomic mass is 79.9. The van der Waals surface area contributed by atoms with Gasteiger partial charge in [-0.05, 0) is 55.3 Å². The molecule has 0 aliphatic carbocycles. The van der Waals surface area contributed by atoms with Crippen molar-refractivity contribution in [3.63, 3.8) is 0 Å². The molecule has 0 aliphatic heterocycles. The van der Waals surface area contributed by atoms with Gasteiger partial charge in [-0.25, -0.2) is 0 Å². The minimum absolute atomic E-state index is 0.0182. The van der Waals surface area contributed by atoms with Gasteiger partial charge in [-0.3, -0.25) is 4.79 Å². The van der Waals surface area contributed by atoms with Crippen molar-refractivity contribution < 1.29 is 4.79 Å². The molecule has 0 atom stereocenters. The average molecular weight is 330 g/mol. The minimum Gasteiger partial charge on any atom is -0.361 e. The summed E-state index contributed by atoms with van der Waals surface area (Å²) in [6.45, 7) is 4.08. The maximum Gasteiger partial charge on any atom is 0.187 e. The van der Waals surface area contributed by atoms with Crippen LogP contribution in [0.15, 0.2) is 59.2 Å². The third-order valence-electron chi connectivity index (χ3n) is 3.00. The SMILES string of the molecule is Cc1ccc(C)c(NC=CC(=O)c2ccc(Br)cc2)c1. The lowest BCUT2D eigenvalue weighted by Crippen LogP contribution is -1.97. The molecule has 20 heavy (non-hydrogen) atoms. The monoisotopic (exact) mass is 329 g/mol. The second-order valence-corrected chi connectivity index (χ2v) is 5.58. The normalized spacial score (nSPS) is 10.8. The maximum atomic E-state index is 12.0. The molecule has 2 aromatic carbocycles. The van der Waals surface area contributed by atoms with E-state index in [9.17, 15) is 4.79 Å². The maximum absolute atomic E-state index is 12.0. The van der Waals surface area contributed by atoms with Gasteiger partial charge < -0.3 is 5.32 Å². The second kappa shape index (κ2) is 6.53. The van der Waals surface area contributed by atoms with Crippen LogP contribution < -0.4 is 5.32 Å². The molecular weight excluding hydrogens is 314 g/mol. The molecule has 1 N–H and O–H groups in total. The molecule has 0 amide bonds. The first-order valence-electron chi connectivity index (χ1n) is 6.36. The third kappa shape index (κ3) is 3.81. The van der Waals surface area contributed by atoms with Crippen LogP contribution >= 0.6 is 15.9 Å². The Morgan fingerprint density at radius 3 is 2.50 bits per heavy atom. The predicted octanol–water partition coefficient (Wildman–Crippen LogP) is 4.87. The first-order chi connectivity index (χ1) is 9.56. The summed E-state index contributed by atoms with van der Waals surface area (Å²) in [5, 5.41) is 3.16. The lowest BCUT2D eigenvalue weighted by atomic mass is 10.1. The van der Waals surface area contributed by atoms with Crippen LogP contribution in [-0.2, 0) is 0 Å². The van der Waals surface area contributed by atoms with Gasteiger partial charge in [0.25, 0.3) is 0 Å². The molecule has 0 bridgehead atoms. The van der Waals surface area contributed by atoms with Gasteiger partial charge in [0.15, 0.2) is 5.78 Å². The van der Waals surface area contributed by atoms with Gasteiger partial charge >= 0.3 is 0 Å². The number of carbonyl (C=O) groups is 1. The standard InChI is InChI=1S/C17H16BrNO/c1-12-3-4-13(2)16(11-12)19-10-9-17(20)14-5-7-15(18)8-6-14/h3-11,19H,1-2H3. The molecule has 102 valence electrons.